The molecule has 0 fully saturated rings. The van der Waals surface area contributed by atoms with Crippen LogP contribution in [0.1, 0.15) is 16.2 Å². The van der Waals surface area contributed by atoms with Gasteiger partial charge in [0.05, 0.1) is 24.0 Å². The minimum absolute atomic E-state index is 0.303. The molecule has 0 saturated carbocycles. The molecule has 2 aromatic rings. The molecule has 0 aliphatic rings. The highest BCUT2D eigenvalue weighted by Gasteiger charge is 2.15. The van der Waals surface area contributed by atoms with E-state index in [2.05, 4.69) is 9.97 Å². The van der Waals surface area contributed by atoms with E-state index in [4.69, 9.17) is 11.5 Å². The van der Waals surface area contributed by atoms with Crippen LogP contribution in [0, 0.1) is 0 Å². The van der Waals surface area contributed by atoms with Crippen LogP contribution in [0.2, 0.25) is 0 Å². The number of aromatic nitrogens is 3. The van der Waals surface area contributed by atoms with Crippen LogP contribution in [0.3, 0.4) is 0 Å². The highest BCUT2D eigenvalue weighted by Crippen LogP contribution is 2.19. The van der Waals surface area contributed by atoms with Gasteiger partial charge in [0.15, 0.2) is 0 Å². The molecule has 0 bridgehead atoms. The molecule has 0 aromatic carbocycles. The second kappa shape index (κ2) is 4.97. The first-order valence-electron chi connectivity index (χ1n) is 5.71. The minimum Gasteiger partial charge on any atom is -0.397 e. The molecule has 19 heavy (non-hydrogen) atoms. The van der Waals surface area contributed by atoms with E-state index >= 15 is 0 Å². The van der Waals surface area contributed by atoms with E-state index in [9.17, 15) is 4.79 Å². The van der Waals surface area contributed by atoms with Gasteiger partial charge in [-0.25, -0.2) is 9.97 Å². The SMILES string of the molecule is CN(Cc1nccn1C)c1ncc(N)cc1C(N)=O. The summed E-state index contributed by atoms with van der Waals surface area (Å²) in [5.41, 5.74) is 11.7. The maximum Gasteiger partial charge on any atom is 0.252 e. The van der Waals surface area contributed by atoms with E-state index in [1.54, 1.807) is 6.20 Å². The third-order valence-corrected chi connectivity index (χ3v) is 2.81. The summed E-state index contributed by atoms with van der Waals surface area (Å²) in [4.78, 5) is 21.6. The van der Waals surface area contributed by atoms with E-state index in [1.807, 2.05) is 29.8 Å². The van der Waals surface area contributed by atoms with Gasteiger partial charge in [0.1, 0.15) is 11.6 Å². The number of pyridine rings is 1. The molecule has 0 aliphatic heterocycles. The highest BCUT2D eigenvalue weighted by atomic mass is 16.1. The van der Waals surface area contributed by atoms with Crippen molar-refractivity contribution in [3.8, 4) is 0 Å². The Bertz CT molecular complexity index is 606. The molecule has 0 atom stereocenters. The van der Waals surface area contributed by atoms with Crippen LogP contribution in [0.5, 0.6) is 0 Å². The molecule has 2 aromatic heterocycles. The quantitative estimate of drug-likeness (QED) is 0.813. The average Bonchev–Trinajstić information content (AvgIpc) is 2.74. The van der Waals surface area contributed by atoms with Crippen molar-refractivity contribution in [2.45, 2.75) is 6.54 Å². The molecule has 0 aliphatic carbocycles. The molecular weight excluding hydrogens is 244 g/mol. The van der Waals surface area contributed by atoms with Crippen LogP contribution in [0.4, 0.5) is 11.5 Å². The number of anilines is 2. The first-order valence-corrected chi connectivity index (χ1v) is 5.71. The van der Waals surface area contributed by atoms with Gasteiger partial charge in [-0.2, -0.15) is 0 Å². The predicted molar refractivity (Wildman–Crippen MR) is 72.5 cm³/mol. The summed E-state index contributed by atoms with van der Waals surface area (Å²) in [5.74, 6) is 0.794. The summed E-state index contributed by atoms with van der Waals surface area (Å²) in [6.45, 7) is 0.515. The Hall–Kier alpha value is -2.57. The molecule has 0 saturated heterocycles. The number of carbonyl (C=O) groups excluding carboxylic acids is 1. The zero-order chi connectivity index (χ0) is 14.0. The van der Waals surface area contributed by atoms with Gasteiger partial charge < -0.3 is 20.9 Å². The van der Waals surface area contributed by atoms with Crippen molar-refractivity contribution in [1.82, 2.24) is 14.5 Å². The van der Waals surface area contributed by atoms with Crippen molar-refractivity contribution in [1.29, 1.82) is 0 Å². The third-order valence-electron chi connectivity index (χ3n) is 2.81. The normalized spacial score (nSPS) is 10.4. The van der Waals surface area contributed by atoms with Crippen LogP contribution in [-0.2, 0) is 13.6 Å². The predicted octanol–water partition coefficient (Wildman–Crippen LogP) is 0.133. The number of amides is 1. The molecule has 2 heterocycles. The number of hydrogen-bond donors (Lipinski definition) is 2. The van der Waals surface area contributed by atoms with Crippen molar-refractivity contribution in [2.24, 2.45) is 12.8 Å². The molecule has 0 unspecified atom stereocenters. The maximum absolute atomic E-state index is 11.4. The lowest BCUT2D eigenvalue weighted by atomic mass is 10.2. The number of nitrogens with zero attached hydrogens (tertiary/aromatic N) is 4. The lowest BCUT2D eigenvalue weighted by Crippen LogP contribution is -2.24. The third kappa shape index (κ3) is 2.65. The van der Waals surface area contributed by atoms with Crippen LogP contribution < -0.4 is 16.4 Å². The molecule has 2 rings (SSSR count). The summed E-state index contributed by atoms with van der Waals surface area (Å²) in [6.07, 6.45) is 5.07. The number of nitrogen functional groups attached to an aromatic ring is 1. The number of aryl methyl sites for hydroxylation is 1. The number of rotatable bonds is 4. The first kappa shape index (κ1) is 12.9. The summed E-state index contributed by atoms with van der Waals surface area (Å²) >= 11 is 0. The second-order valence-corrected chi connectivity index (χ2v) is 4.31. The molecular formula is C12H16N6O. The van der Waals surface area contributed by atoms with E-state index in [1.165, 1.54) is 12.3 Å². The van der Waals surface area contributed by atoms with E-state index < -0.39 is 5.91 Å². The Labute approximate surface area is 110 Å². The van der Waals surface area contributed by atoms with Crippen molar-refractivity contribution in [3.05, 3.63) is 36.0 Å². The van der Waals surface area contributed by atoms with Crippen molar-refractivity contribution < 1.29 is 4.79 Å². The Morgan fingerprint density at radius 1 is 1.47 bits per heavy atom. The Morgan fingerprint density at radius 2 is 2.21 bits per heavy atom. The van der Waals surface area contributed by atoms with Crippen LogP contribution in [0.15, 0.2) is 24.7 Å². The standard InChI is InChI=1S/C12H16N6O/c1-17-4-3-15-10(17)7-18(2)12-9(11(14)19)5-8(13)6-16-12/h3-6H,7,13H2,1-2H3,(H2,14,19). The number of primary amides is 1. The Morgan fingerprint density at radius 3 is 2.79 bits per heavy atom. The topological polar surface area (TPSA) is 103 Å². The van der Waals surface area contributed by atoms with Gasteiger partial charge in [-0.3, -0.25) is 4.79 Å². The van der Waals surface area contributed by atoms with E-state index in [0.29, 0.717) is 23.6 Å². The van der Waals surface area contributed by atoms with Crippen molar-refractivity contribution >= 4 is 17.4 Å². The van der Waals surface area contributed by atoms with Crippen molar-refractivity contribution in [2.75, 3.05) is 17.7 Å². The Balaban J connectivity index is 2.31. The fourth-order valence-corrected chi connectivity index (χ4v) is 1.80. The van der Waals surface area contributed by atoms with Crippen LogP contribution in [0.25, 0.3) is 0 Å². The summed E-state index contributed by atoms with van der Waals surface area (Å²) in [5, 5.41) is 0. The smallest absolute Gasteiger partial charge is 0.252 e. The lowest BCUT2D eigenvalue weighted by Gasteiger charge is -2.20. The van der Waals surface area contributed by atoms with Gasteiger partial charge in [-0.05, 0) is 6.07 Å². The molecule has 7 heteroatoms. The van der Waals surface area contributed by atoms with Gasteiger partial charge in [-0.15, -0.1) is 0 Å². The van der Waals surface area contributed by atoms with Crippen molar-refractivity contribution in [3.63, 3.8) is 0 Å². The largest absolute Gasteiger partial charge is 0.397 e. The van der Waals surface area contributed by atoms with E-state index in [-0.39, 0.29) is 0 Å². The fraction of sp³-hybridized carbons (Fsp3) is 0.250. The van der Waals surface area contributed by atoms with Crippen LogP contribution in [-0.4, -0.2) is 27.5 Å². The second-order valence-electron chi connectivity index (χ2n) is 4.31. The number of hydrogen-bond acceptors (Lipinski definition) is 5. The highest BCUT2D eigenvalue weighted by molar-refractivity contribution is 5.98. The molecule has 0 spiro atoms. The van der Waals surface area contributed by atoms with Gasteiger partial charge >= 0.3 is 0 Å². The van der Waals surface area contributed by atoms with Gasteiger partial charge in [0, 0.05) is 26.5 Å². The summed E-state index contributed by atoms with van der Waals surface area (Å²) in [6, 6.07) is 1.53. The number of nitrogens with two attached hydrogens (primary N) is 2. The molecule has 0 radical (unpaired) electrons. The zero-order valence-electron chi connectivity index (χ0n) is 10.9. The maximum atomic E-state index is 11.4. The number of carbonyl (C=O) groups is 1. The van der Waals surface area contributed by atoms with E-state index in [0.717, 1.165) is 5.82 Å². The average molecular weight is 260 g/mol. The number of imidazole rings is 1. The first-order chi connectivity index (χ1) is 8.99. The zero-order valence-corrected chi connectivity index (χ0v) is 10.9. The summed E-state index contributed by atoms with van der Waals surface area (Å²) in [7, 11) is 3.72. The summed E-state index contributed by atoms with van der Waals surface area (Å²) < 4.78 is 1.90. The molecule has 4 N–H and O–H groups in total. The molecule has 100 valence electrons. The van der Waals surface area contributed by atoms with Crippen LogP contribution >= 0.6 is 0 Å². The minimum atomic E-state index is -0.554. The Kier molecular flexibility index (Phi) is 3.37. The van der Waals surface area contributed by atoms with Gasteiger partial charge in [-0.1, -0.05) is 0 Å². The lowest BCUT2D eigenvalue weighted by molar-refractivity contribution is 0.100. The van der Waals surface area contributed by atoms with Gasteiger partial charge in [0.2, 0.25) is 0 Å². The van der Waals surface area contributed by atoms with Gasteiger partial charge in [0.25, 0.3) is 5.91 Å². The molecule has 1 amide bonds. The fourth-order valence-electron chi connectivity index (χ4n) is 1.80. The molecule has 7 nitrogen and oxygen atoms in total. The monoisotopic (exact) mass is 260 g/mol.